The van der Waals surface area contributed by atoms with Gasteiger partial charge in [0.1, 0.15) is 6.04 Å². The van der Waals surface area contributed by atoms with Crippen LogP contribution in [0.5, 0.6) is 0 Å². The van der Waals surface area contributed by atoms with Crippen LogP contribution in [0.4, 0.5) is 0 Å². The zero-order valence-electron chi connectivity index (χ0n) is 13.2. The first-order chi connectivity index (χ1) is 11.1. The molecule has 2 amide bonds. The predicted molar refractivity (Wildman–Crippen MR) is 85.6 cm³/mol. The summed E-state index contributed by atoms with van der Waals surface area (Å²) in [5.74, 6) is -0.701. The lowest BCUT2D eigenvalue weighted by molar-refractivity contribution is -0.140. The molecule has 1 atom stereocenters. The number of amides is 2. The van der Waals surface area contributed by atoms with Gasteiger partial charge in [-0.15, -0.1) is 0 Å². The van der Waals surface area contributed by atoms with Gasteiger partial charge in [0.05, 0.1) is 12.7 Å². The van der Waals surface area contributed by atoms with Crippen LogP contribution in [0.1, 0.15) is 29.3 Å². The van der Waals surface area contributed by atoms with Crippen molar-refractivity contribution >= 4 is 23.9 Å². The maximum atomic E-state index is 12.3. The lowest BCUT2D eigenvalue weighted by Gasteiger charge is -2.33. The summed E-state index contributed by atoms with van der Waals surface area (Å²) in [5, 5.41) is 2.76. The van der Waals surface area contributed by atoms with Gasteiger partial charge >= 0.3 is 5.97 Å². The molecule has 0 spiro atoms. The van der Waals surface area contributed by atoms with Gasteiger partial charge in [0, 0.05) is 19.2 Å². The smallest absolute Gasteiger partial charge is 0.337 e. The highest BCUT2D eigenvalue weighted by Gasteiger charge is 2.30. The summed E-state index contributed by atoms with van der Waals surface area (Å²) >= 11 is 0. The van der Waals surface area contributed by atoms with E-state index in [0.717, 1.165) is 5.56 Å². The molecule has 1 heterocycles. The molecule has 1 N–H and O–H groups in total. The van der Waals surface area contributed by atoms with Crippen LogP contribution >= 0.6 is 0 Å². The van der Waals surface area contributed by atoms with Gasteiger partial charge in [0.25, 0.3) is 0 Å². The van der Waals surface area contributed by atoms with Crippen LogP contribution in [0.25, 0.3) is 6.08 Å². The quantitative estimate of drug-likeness (QED) is 0.669. The third-order valence-corrected chi connectivity index (χ3v) is 3.75. The average molecular weight is 316 g/mol. The van der Waals surface area contributed by atoms with E-state index in [-0.39, 0.29) is 11.8 Å². The Morgan fingerprint density at radius 2 is 2.04 bits per heavy atom. The minimum atomic E-state index is -0.414. The van der Waals surface area contributed by atoms with Gasteiger partial charge < -0.3 is 15.0 Å². The summed E-state index contributed by atoms with van der Waals surface area (Å²) in [5.41, 5.74) is 1.25. The Morgan fingerprint density at radius 1 is 1.35 bits per heavy atom. The summed E-state index contributed by atoms with van der Waals surface area (Å²) in [6.45, 7) is 2.86. The summed E-state index contributed by atoms with van der Waals surface area (Å²) < 4.78 is 4.63. The zero-order chi connectivity index (χ0) is 16.8. The molecule has 1 aliphatic heterocycles. The molecule has 23 heavy (non-hydrogen) atoms. The minimum Gasteiger partial charge on any atom is -0.465 e. The molecule has 1 aromatic carbocycles. The first kappa shape index (κ1) is 16.7. The number of hydrogen-bond donors (Lipinski definition) is 1. The predicted octanol–water partition coefficient (Wildman–Crippen LogP) is 1.22. The molecule has 1 aromatic rings. The van der Waals surface area contributed by atoms with Gasteiger partial charge in [-0.2, -0.15) is 0 Å². The van der Waals surface area contributed by atoms with E-state index in [1.165, 1.54) is 13.2 Å². The second kappa shape index (κ2) is 7.58. The highest BCUT2D eigenvalue weighted by atomic mass is 16.5. The van der Waals surface area contributed by atoms with Crippen LogP contribution in [0, 0.1) is 0 Å². The number of benzene rings is 1. The number of esters is 1. The highest BCUT2D eigenvalue weighted by Crippen LogP contribution is 2.11. The van der Waals surface area contributed by atoms with E-state index in [1.807, 2.05) is 6.92 Å². The number of ether oxygens (including phenoxy) is 1. The SMILES string of the molecule is CCC1C(=O)NCCN1C(=O)/C=C/c1ccc(C(=O)OC)cc1. The first-order valence-electron chi connectivity index (χ1n) is 7.51. The number of nitrogens with one attached hydrogen (secondary N) is 1. The van der Waals surface area contributed by atoms with Gasteiger partial charge in [-0.1, -0.05) is 19.1 Å². The van der Waals surface area contributed by atoms with Crippen LogP contribution in [0.3, 0.4) is 0 Å². The van der Waals surface area contributed by atoms with Crippen molar-refractivity contribution in [3.05, 3.63) is 41.5 Å². The van der Waals surface area contributed by atoms with Crippen molar-refractivity contribution in [3.63, 3.8) is 0 Å². The standard InChI is InChI=1S/C17H20N2O4/c1-3-14-16(21)18-10-11-19(14)15(20)9-6-12-4-7-13(8-5-12)17(22)23-2/h4-9,14H,3,10-11H2,1-2H3,(H,18,21)/b9-6+. The molecule has 122 valence electrons. The molecule has 0 aliphatic carbocycles. The van der Waals surface area contributed by atoms with Crippen molar-refractivity contribution in [3.8, 4) is 0 Å². The van der Waals surface area contributed by atoms with Crippen molar-refractivity contribution in [2.75, 3.05) is 20.2 Å². The molecule has 0 aromatic heterocycles. The molecule has 0 radical (unpaired) electrons. The molecule has 1 fully saturated rings. The van der Waals surface area contributed by atoms with E-state index in [0.29, 0.717) is 25.1 Å². The fourth-order valence-electron chi connectivity index (χ4n) is 2.50. The van der Waals surface area contributed by atoms with Gasteiger partial charge in [-0.05, 0) is 30.2 Å². The maximum Gasteiger partial charge on any atom is 0.337 e. The Kier molecular flexibility index (Phi) is 5.51. The zero-order valence-corrected chi connectivity index (χ0v) is 13.2. The van der Waals surface area contributed by atoms with Crippen molar-refractivity contribution in [1.82, 2.24) is 10.2 Å². The first-order valence-corrected chi connectivity index (χ1v) is 7.51. The van der Waals surface area contributed by atoms with Gasteiger partial charge in [-0.3, -0.25) is 9.59 Å². The van der Waals surface area contributed by atoms with Crippen molar-refractivity contribution in [2.45, 2.75) is 19.4 Å². The summed E-state index contributed by atoms with van der Waals surface area (Å²) in [7, 11) is 1.33. The fraction of sp³-hybridized carbons (Fsp3) is 0.353. The largest absolute Gasteiger partial charge is 0.465 e. The Bertz CT molecular complexity index is 622. The van der Waals surface area contributed by atoms with E-state index in [1.54, 1.807) is 35.2 Å². The molecule has 6 nitrogen and oxygen atoms in total. The Hall–Kier alpha value is -2.63. The van der Waals surface area contributed by atoms with Crippen LogP contribution in [0.2, 0.25) is 0 Å². The summed E-state index contributed by atoms with van der Waals surface area (Å²) in [6.07, 6.45) is 3.70. The maximum absolute atomic E-state index is 12.3. The van der Waals surface area contributed by atoms with E-state index < -0.39 is 12.0 Å². The molecule has 2 rings (SSSR count). The van der Waals surface area contributed by atoms with E-state index >= 15 is 0 Å². The molecule has 1 saturated heterocycles. The van der Waals surface area contributed by atoms with E-state index in [4.69, 9.17) is 0 Å². The van der Waals surface area contributed by atoms with E-state index in [9.17, 15) is 14.4 Å². The molecule has 6 heteroatoms. The molecule has 1 unspecified atom stereocenters. The number of hydrogen-bond acceptors (Lipinski definition) is 4. The number of piperazine rings is 1. The van der Waals surface area contributed by atoms with Crippen molar-refractivity contribution in [2.24, 2.45) is 0 Å². The molecular formula is C17H20N2O4. The average Bonchev–Trinajstić information content (AvgIpc) is 2.59. The molecule has 0 saturated carbocycles. The topological polar surface area (TPSA) is 75.7 Å². The summed E-state index contributed by atoms with van der Waals surface area (Å²) in [4.78, 5) is 37.0. The van der Waals surface area contributed by atoms with E-state index in [2.05, 4.69) is 10.1 Å². The van der Waals surface area contributed by atoms with Crippen molar-refractivity contribution in [1.29, 1.82) is 0 Å². The third kappa shape index (κ3) is 3.97. The van der Waals surface area contributed by atoms with Crippen molar-refractivity contribution < 1.29 is 19.1 Å². The number of nitrogens with zero attached hydrogens (tertiary/aromatic N) is 1. The second-order valence-electron chi connectivity index (χ2n) is 5.19. The Labute approximate surface area is 135 Å². The Balaban J connectivity index is 2.05. The monoisotopic (exact) mass is 316 g/mol. The number of carbonyl (C=O) groups excluding carboxylic acids is 3. The molecule has 0 bridgehead atoms. The number of carbonyl (C=O) groups is 3. The fourth-order valence-corrected chi connectivity index (χ4v) is 2.50. The van der Waals surface area contributed by atoms with Gasteiger partial charge in [-0.25, -0.2) is 4.79 Å². The summed E-state index contributed by atoms with van der Waals surface area (Å²) in [6, 6.07) is 6.33. The minimum absolute atomic E-state index is 0.108. The highest BCUT2D eigenvalue weighted by molar-refractivity contribution is 5.96. The van der Waals surface area contributed by atoms with Crippen LogP contribution in [0.15, 0.2) is 30.3 Å². The van der Waals surface area contributed by atoms with Crippen LogP contribution in [-0.2, 0) is 14.3 Å². The number of rotatable bonds is 4. The van der Waals surface area contributed by atoms with Gasteiger partial charge in [0.2, 0.25) is 11.8 Å². The molecular weight excluding hydrogens is 296 g/mol. The lowest BCUT2D eigenvalue weighted by atomic mass is 10.1. The lowest BCUT2D eigenvalue weighted by Crippen LogP contribution is -2.56. The Morgan fingerprint density at radius 3 is 2.65 bits per heavy atom. The number of methoxy groups -OCH3 is 1. The van der Waals surface area contributed by atoms with Crippen LogP contribution < -0.4 is 5.32 Å². The normalized spacial score (nSPS) is 17.9. The van der Waals surface area contributed by atoms with Crippen LogP contribution in [-0.4, -0.2) is 48.9 Å². The molecule has 1 aliphatic rings. The second-order valence-corrected chi connectivity index (χ2v) is 5.19. The van der Waals surface area contributed by atoms with Gasteiger partial charge in [0.15, 0.2) is 0 Å². The third-order valence-electron chi connectivity index (χ3n) is 3.75.